The molecule has 86 valence electrons. The first-order chi connectivity index (χ1) is 8.31. The summed E-state index contributed by atoms with van der Waals surface area (Å²) < 4.78 is 0. The lowest BCUT2D eigenvalue weighted by atomic mass is 9.97. The van der Waals surface area contributed by atoms with Gasteiger partial charge in [0.15, 0.2) is 0 Å². The minimum absolute atomic E-state index is 0.650. The molecule has 0 unspecified atom stereocenters. The largest absolute Gasteiger partial charge is 0.411 e. The molecule has 0 saturated heterocycles. The van der Waals surface area contributed by atoms with E-state index in [0.717, 1.165) is 12.0 Å². The van der Waals surface area contributed by atoms with Crippen molar-refractivity contribution in [1.29, 1.82) is 0 Å². The number of nitrogens with zero attached hydrogens (tertiary/aromatic N) is 1. The topological polar surface area (TPSA) is 32.6 Å². The molecule has 0 amide bonds. The normalized spacial score (nSPS) is 11.5. The fraction of sp³-hybridized carbons (Fsp3) is 0.133. The summed E-state index contributed by atoms with van der Waals surface area (Å²) in [6, 6.07) is 18.3. The third kappa shape index (κ3) is 2.72. The Labute approximate surface area is 101 Å². The predicted octanol–water partition coefficient (Wildman–Crippen LogP) is 3.48. The minimum atomic E-state index is 0.650. The van der Waals surface area contributed by atoms with Crippen LogP contribution in [0.15, 0.2) is 59.8 Å². The van der Waals surface area contributed by atoms with E-state index in [1.165, 1.54) is 11.1 Å². The van der Waals surface area contributed by atoms with Gasteiger partial charge < -0.3 is 5.21 Å². The quantitative estimate of drug-likeness (QED) is 0.484. The van der Waals surface area contributed by atoms with Crippen LogP contribution in [0.25, 0.3) is 0 Å². The molecule has 0 aromatic heterocycles. The molecule has 0 aliphatic heterocycles. The van der Waals surface area contributed by atoms with Crippen LogP contribution in [0.4, 0.5) is 0 Å². The van der Waals surface area contributed by atoms with Crippen LogP contribution in [0.5, 0.6) is 0 Å². The lowest BCUT2D eigenvalue weighted by molar-refractivity contribution is 0.319. The molecule has 17 heavy (non-hydrogen) atoms. The van der Waals surface area contributed by atoms with Gasteiger partial charge in [-0.05, 0) is 24.5 Å². The molecule has 0 fully saturated rings. The molecule has 0 saturated carbocycles. The van der Waals surface area contributed by atoms with E-state index < -0.39 is 0 Å². The third-order valence-corrected chi connectivity index (χ3v) is 2.79. The average Bonchev–Trinajstić information content (AvgIpc) is 2.40. The van der Waals surface area contributed by atoms with E-state index in [9.17, 15) is 0 Å². The van der Waals surface area contributed by atoms with Crippen molar-refractivity contribution in [3.05, 3.63) is 71.3 Å². The molecule has 0 heterocycles. The van der Waals surface area contributed by atoms with Crippen LogP contribution < -0.4 is 0 Å². The van der Waals surface area contributed by atoms with Crippen molar-refractivity contribution in [3.8, 4) is 0 Å². The second-order valence-corrected chi connectivity index (χ2v) is 4.00. The number of oxime groups is 1. The Morgan fingerprint density at radius 3 is 2.35 bits per heavy atom. The van der Waals surface area contributed by atoms with Gasteiger partial charge in [-0.1, -0.05) is 59.8 Å². The lowest BCUT2D eigenvalue weighted by Crippen LogP contribution is -2.01. The highest BCUT2D eigenvalue weighted by atomic mass is 16.4. The average molecular weight is 225 g/mol. The van der Waals surface area contributed by atoms with Crippen molar-refractivity contribution < 1.29 is 5.21 Å². The molecule has 0 radical (unpaired) electrons. The van der Waals surface area contributed by atoms with Gasteiger partial charge in [-0.2, -0.15) is 0 Å². The molecule has 2 aromatic rings. The van der Waals surface area contributed by atoms with E-state index in [1.807, 2.05) is 43.3 Å². The van der Waals surface area contributed by atoms with Crippen LogP contribution >= 0.6 is 0 Å². The number of hydrogen-bond acceptors (Lipinski definition) is 2. The summed E-state index contributed by atoms with van der Waals surface area (Å²) in [4.78, 5) is 0. The molecular formula is C15H15NO. The van der Waals surface area contributed by atoms with E-state index in [2.05, 4.69) is 23.4 Å². The van der Waals surface area contributed by atoms with Crippen molar-refractivity contribution in [3.63, 3.8) is 0 Å². The van der Waals surface area contributed by atoms with Crippen molar-refractivity contribution in [2.24, 2.45) is 5.16 Å². The van der Waals surface area contributed by atoms with Crippen molar-refractivity contribution in [1.82, 2.24) is 0 Å². The van der Waals surface area contributed by atoms with Gasteiger partial charge in [0.05, 0.1) is 5.71 Å². The molecule has 0 spiro atoms. The summed E-state index contributed by atoms with van der Waals surface area (Å²) in [5.41, 5.74) is 4.08. The summed E-state index contributed by atoms with van der Waals surface area (Å²) in [5.74, 6) is 0. The van der Waals surface area contributed by atoms with Crippen molar-refractivity contribution in [2.75, 3.05) is 0 Å². The zero-order chi connectivity index (χ0) is 12.1. The Morgan fingerprint density at radius 2 is 1.65 bits per heavy atom. The molecule has 1 N–H and O–H groups in total. The van der Waals surface area contributed by atoms with Gasteiger partial charge in [0.25, 0.3) is 0 Å². The first-order valence-corrected chi connectivity index (χ1v) is 5.62. The monoisotopic (exact) mass is 225 g/mol. The first kappa shape index (κ1) is 11.4. The highest BCUT2D eigenvalue weighted by Gasteiger charge is 2.05. The van der Waals surface area contributed by atoms with E-state index in [4.69, 9.17) is 5.21 Å². The maximum Gasteiger partial charge on any atom is 0.0839 e. The Morgan fingerprint density at radius 1 is 1.00 bits per heavy atom. The van der Waals surface area contributed by atoms with E-state index in [-0.39, 0.29) is 0 Å². The maximum absolute atomic E-state index is 8.87. The zero-order valence-corrected chi connectivity index (χ0v) is 9.80. The molecule has 0 bridgehead atoms. The van der Waals surface area contributed by atoms with Crippen LogP contribution in [0.1, 0.15) is 23.6 Å². The van der Waals surface area contributed by atoms with Crippen LogP contribution in [0, 0.1) is 0 Å². The molecule has 2 aromatic carbocycles. The van der Waals surface area contributed by atoms with Gasteiger partial charge in [-0.15, -0.1) is 0 Å². The predicted molar refractivity (Wildman–Crippen MR) is 69.7 cm³/mol. The highest BCUT2D eigenvalue weighted by molar-refractivity contribution is 5.99. The second kappa shape index (κ2) is 5.30. The van der Waals surface area contributed by atoms with E-state index in [1.54, 1.807) is 0 Å². The summed E-state index contributed by atoms with van der Waals surface area (Å²) >= 11 is 0. The van der Waals surface area contributed by atoms with Gasteiger partial charge >= 0.3 is 0 Å². The van der Waals surface area contributed by atoms with Crippen LogP contribution in [-0.4, -0.2) is 10.9 Å². The molecule has 0 aliphatic carbocycles. The number of rotatable bonds is 3. The van der Waals surface area contributed by atoms with Gasteiger partial charge in [-0.25, -0.2) is 0 Å². The molecule has 2 nitrogen and oxygen atoms in total. The minimum Gasteiger partial charge on any atom is -0.411 e. The van der Waals surface area contributed by atoms with Gasteiger partial charge in [-0.3, -0.25) is 0 Å². The second-order valence-electron chi connectivity index (χ2n) is 4.00. The Balaban J connectivity index is 2.33. The first-order valence-electron chi connectivity index (χ1n) is 5.62. The van der Waals surface area contributed by atoms with Crippen LogP contribution in [0.2, 0.25) is 0 Å². The standard InChI is InChI=1S/C15H15NO/c1-12(16-17)15-10-6-5-9-14(15)11-13-7-3-2-4-8-13/h2-10,17H,11H2,1H3. The lowest BCUT2D eigenvalue weighted by Gasteiger charge is -2.08. The fourth-order valence-electron chi connectivity index (χ4n) is 1.90. The summed E-state index contributed by atoms with van der Waals surface area (Å²) in [6.45, 7) is 1.81. The van der Waals surface area contributed by atoms with E-state index >= 15 is 0 Å². The Hall–Kier alpha value is -2.09. The van der Waals surface area contributed by atoms with Gasteiger partial charge in [0.1, 0.15) is 0 Å². The third-order valence-electron chi connectivity index (χ3n) is 2.79. The fourth-order valence-corrected chi connectivity index (χ4v) is 1.90. The molecule has 0 aliphatic rings. The summed E-state index contributed by atoms with van der Waals surface area (Å²) in [6.07, 6.45) is 0.851. The smallest absolute Gasteiger partial charge is 0.0839 e. The van der Waals surface area contributed by atoms with Gasteiger partial charge in [0, 0.05) is 5.56 Å². The molecule has 2 rings (SSSR count). The van der Waals surface area contributed by atoms with Crippen LogP contribution in [0.3, 0.4) is 0 Å². The number of hydrogen-bond donors (Lipinski definition) is 1. The van der Waals surface area contributed by atoms with Crippen LogP contribution in [-0.2, 0) is 6.42 Å². The molecular weight excluding hydrogens is 210 g/mol. The Bertz CT molecular complexity index is 517. The summed E-state index contributed by atoms with van der Waals surface area (Å²) in [7, 11) is 0. The summed E-state index contributed by atoms with van der Waals surface area (Å²) in [5, 5.41) is 12.1. The zero-order valence-electron chi connectivity index (χ0n) is 9.80. The van der Waals surface area contributed by atoms with Crippen molar-refractivity contribution >= 4 is 5.71 Å². The molecule has 2 heteroatoms. The Kier molecular flexibility index (Phi) is 3.55. The van der Waals surface area contributed by atoms with Gasteiger partial charge in [0.2, 0.25) is 0 Å². The highest BCUT2D eigenvalue weighted by Crippen LogP contribution is 2.15. The maximum atomic E-state index is 8.87. The van der Waals surface area contributed by atoms with Crippen molar-refractivity contribution in [2.45, 2.75) is 13.3 Å². The molecule has 0 atom stereocenters. The number of benzene rings is 2. The SMILES string of the molecule is CC(=NO)c1ccccc1Cc1ccccc1. The van der Waals surface area contributed by atoms with E-state index in [0.29, 0.717) is 5.71 Å².